The van der Waals surface area contributed by atoms with E-state index in [1.165, 1.54) is 12.1 Å². The molecule has 0 saturated heterocycles. The number of benzene rings is 1. The van der Waals surface area contributed by atoms with Crippen LogP contribution in [0.4, 0.5) is 13.2 Å². The first-order valence-electron chi connectivity index (χ1n) is 6.18. The largest absolute Gasteiger partial charge is 0.494 e. The second kappa shape index (κ2) is 6.43. The fourth-order valence-electron chi connectivity index (χ4n) is 1.51. The highest BCUT2D eigenvalue weighted by molar-refractivity contribution is 6.61. The minimum Gasteiger partial charge on any atom is -0.405 e. The predicted molar refractivity (Wildman–Crippen MR) is 69.3 cm³/mol. The second-order valence-corrected chi connectivity index (χ2v) is 4.82. The Hall–Kier alpha value is -1.01. The summed E-state index contributed by atoms with van der Waals surface area (Å²) in [6.45, 7) is 7.39. The van der Waals surface area contributed by atoms with Gasteiger partial charge in [-0.3, -0.25) is 0 Å². The van der Waals surface area contributed by atoms with E-state index in [1.54, 1.807) is 0 Å². The molecule has 0 bridgehead atoms. The summed E-state index contributed by atoms with van der Waals surface area (Å²) in [5.74, 6) is 0. The summed E-state index contributed by atoms with van der Waals surface area (Å²) in [4.78, 5) is 0. The van der Waals surface area contributed by atoms with Gasteiger partial charge in [0.1, 0.15) is 0 Å². The molecule has 0 aromatic heterocycles. The third-order valence-electron chi connectivity index (χ3n) is 2.30. The lowest BCUT2D eigenvalue weighted by Crippen LogP contribution is -2.40. The summed E-state index contributed by atoms with van der Waals surface area (Å²) >= 11 is 0. The SMILES string of the molecule is CC(C)OB(OC(C)C)c1ccc(C(F)(F)F)cc1. The molecule has 1 aromatic rings. The van der Waals surface area contributed by atoms with Crippen LogP contribution in [0, 0.1) is 0 Å². The van der Waals surface area contributed by atoms with Gasteiger partial charge in [0.25, 0.3) is 0 Å². The van der Waals surface area contributed by atoms with E-state index < -0.39 is 18.9 Å². The quantitative estimate of drug-likeness (QED) is 0.767. The first-order chi connectivity index (χ1) is 8.70. The van der Waals surface area contributed by atoms with Gasteiger partial charge >= 0.3 is 13.3 Å². The van der Waals surface area contributed by atoms with E-state index in [1.807, 2.05) is 27.7 Å². The molecule has 6 heteroatoms. The molecule has 0 N–H and O–H groups in total. The molecule has 0 unspecified atom stereocenters. The normalized spacial score (nSPS) is 12.3. The molecule has 0 aliphatic rings. The van der Waals surface area contributed by atoms with Gasteiger partial charge in [-0.2, -0.15) is 13.2 Å². The minimum absolute atomic E-state index is 0.0777. The third kappa shape index (κ3) is 5.24. The van der Waals surface area contributed by atoms with Gasteiger partial charge in [0, 0.05) is 12.2 Å². The van der Waals surface area contributed by atoms with Gasteiger partial charge in [-0.25, -0.2) is 0 Å². The predicted octanol–water partition coefficient (Wildman–Crippen LogP) is 3.25. The molecule has 0 saturated carbocycles. The molecule has 1 aromatic carbocycles. The maximum atomic E-state index is 12.5. The highest BCUT2D eigenvalue weighted by atomic mass is 19.4. The van der Waals surface area contributed by atoms with Crippen LogP contribution in [0.1, 0.15) is 33.3 Å². The molecule has 0 radical (unpaired) electrons. The Morgan fingerprint density at radius 2 is 1.32 bits per heavy atom. The van der Waals surface area contributed by atoms with E-state index in [4.69, 9.17) is 9.31 Å². The molecule has 0 aliphatic heterocycles. The van der Waals surface area contributed by atoms with Gasteiger partial charge in [-0.05, 0) is 33.2 Å². The second-order valence-electron chi connectivity index (χ2n) is 4.82. The van der Waals surface area contributed by atoms with E-state index in [-0.39, 0.29) is 12.2 Å². The number of halogens is 3. The highest BCUT2D eigenvalue weighted by Gasteiger charge is 2.31. The van der Waals surface area contributed by atoms with Crippen molar-refractivity contribution in [1.82, 2.24) is 0 Å². The Balaban J connectivity index is 2.90. The molecule has 1 rings (SSSR count). The number of alkyl halides is 3. The van der Waals surface area contributed by atoms with Gasteiger partial charge in [-0.15, -0.1) is 0 Å². The zero-order chi connectivity index (χ0) is 14.6. The zero-order valence-electron chi connectivity index (χ0n) is 11.5. The summed E-state index contributed by atoms with van der Waals surface area (Å²) < 4.78 is 48.6. The minimum atomic E-state index is -4.33. The van der Waals surface area contributed by atoms with Gasteiger partial charge < -0.3 is 9.31 Å². The Morgan fingerprint density at radius 3 is 1.63 bits per heavy atom. The molecule has 2 nitrogen and oxygen atoms in total. The van der Waals surface area contributed by atoms with E-state index in [0.29, 0.717) is 5.46 Å². The van der Waals surface area contributed by atoms with Crippen LogP contribution in [0.3, 0.4) is 0 Å². The fourth-order valence-corrected chi connectivity index (χ4v) is 1.51. The van der Waals surface area contributed by atoms with Crippen molar-refractivity contribution in [3.63, 3.8) is 0 Å². The third-order valence-corrected chi connectivity index (χ3v) is 2.30. The number of rotatable bonds is 5. The average molecular weight is 274 g/mol. The van der Waals surface area contributed by atoms with Crippen LogP contribution in [-0.4, -0.2) is 19.3 Å². The average Bonchev–Trinajstić information content (AvgIpc) is 2.26. The van der Waals surface area contributed by atoms with Crippen molar-refractivity contribution in [2.75, 3.05) is 0 Å². The lowest BCUT2D eigenvalue weighted by Gasteiger charge is -2.20. The molecule has 0 amide bonds. The maximum Gasteiger partial charge on any atom is 0.494 e. The first-order valence-corrected chi connectivity index (χ1v) is 6.18. The van der Waals surface area contributed by atoms with E-state index in [9.17, 15) is 13.2 Å². The van der Waals surface area contributed by atoms with Crippen LogP contribution in [0.15, 0.2) is 24.3 Å². The molecule has 0 spiro atoms. The first kappa shape index (κ1) is 16.1. The highest BCUT2D eigenvalue weighted by Crippen LogP contribution is 2.28. The van der Waals surface area contributed by atoms with Crippen molar-refractivity contribution in [3.8, 4) is 0 Å². The summed E-state index contributed by atoms with van der Waals surface area (Å²) in [6, 6.07) is 4.85. The van der Waals surface area contributed by atoms with E-state index in [0.717, 1.165) is 12.1 Å². The van der Waals surface area contributed by atoms with Crippen LogP contribution in [-0.2, 0) is 15.5 Å². The Labute approximate surface area is 112 Å². The van der Waals surface area contributed by atoms with Crippen molar-refractivity contribution >= 4 is 12.6 Å². The Morgan fingerprint density at radius 1 is 0.895 bits per heavy atom. The van der Waals surface area contributed by atoms with Crippen molar-refractivity contribution in [3.05, 3.63) is 29.8 Å². The molecule has 0 heterocycles. The Bertz CT molecular complexity index is 378. The topological polar surface area (TPSA) is 18.5 Å². The monoisotopic (exact) mass is 274 g/mol. The lowest BCUT2D eigenvalue weighted by molar-refractivity contribution is -0.137. The standard InChI is InChI=1S/C13H18BF3O2/c1-9(2)18-14(19-10(3)4)12-7-5-11(6-8-12)13(15,16)17/h5-10H,1-4H3. The maximum absolute atomic E-state index is 12.5. The molecule has 0 atom stereocenters. The van der Waals surface area contributed by atoms with Crippen LogP contribution < -0.4 is 5.46 Å². The van der Waals surface area contributed by atoms with Crippen LogP contribution in [0.25, 0.3) is 0 Å². The summed E-state index contributed by atoms with van der Waals surface area (Å²) in [5.41, 5.74) is -0.0977. The van der Waals surface area contributed by atoms with E-state index >= 15 is 0 Å². The molecule has 0 fully saturated rings. The molecule has 106 valence electrons. The van der Waals surface area contributed by atoms with Crippen molar-refractivity contribution < 1.29 is 22.5 Å². The van der Waals surface area contributed by atoms with Gasteiger partial charge in [0.15, 0.2) is 0 Å². The summed E-state index contributed by atoms with van der Waals surface area (Å²) in [7, 11) is -0.651. The van der Waals surface area contributed by atoms with Crippen LogP contribution in [0.5, 0.6) is 0 Å². The number of hydrogen-bond acceptors (Lipinski definition) is 2. The number of hydrogen-bond donors (Lipinski definition) is 0. The lowest BCUT2D eigenvalue weighted by atomic mass is 9.78. The van der Waals surface area contributed by atoms with Crippen LogP contribution >= 0.6 is 0 Å². The van der Waals surface area contributed by atoms with Crippen molar-refractivity contribution in [2.24, 2.45) is 0 Å². The van der Waals surface area contributed by atoms with Gasteiger partial charge in [0.2, 0.25) is 0 Å². The molecule has 0 aliphatic carbocycles. The smallest absolute Gasteiger partial charge is 0.405 e. The van der Waals surface area contributed by atoms with Gasteiger partial charge in [0.05, 0.1) is 5.56 Å². The van der Waals surface area contributed by atoms with Gasteiger partial charge in [-0.1, -0.05) is 24.3 Å². The molecular weight excluding hydrogens is 256 g/mol. The molecular formula is C13H18BF3O2. The zero-order valence-corrected chi connectivity index (χ0v) is 11.5. The fraction of sp³-hybridized carbons (Fsp3) is 0.538. The van der Waals surface area contributed by atoms with Crippen molar-refractivity contribution in [2.45, 2.75) is 46.1 Å². The van der Waals surface area contributed by atoms with Crippen molar-refractivity contribution in [1.29, 1.82) is 0 Å². The van der Waals surface area contributed by atoms with Crippen LogP contribution in [0.2, 0.25) is 0 Å². The molecule has 19 heavy (non-hydrogen) atoms. The Kier molecular flexibility index (Phi) is 5.44. The van der Waals surface area contributed by atoms with E-state index in [2.05, 4.69) is 0 Å². The summed E-state index contributed by atoms with van der Waals surface area (Å²) in [6.07, 6.45) is -4.48. The summed E-state index contributed by atoms with van der Waals surface area (Å²) in [5, 5.41) is 0.